The molecule has 34 heavy (non-hydrogen) atoms. The van der Waals surface area contributed by atoms with Crippen LogP contribution in [0.1, 0.15) is 63.0 Å². The van der Waals surface area contributed by atoms with Crippen LogP contribution in [-0.2, 0) is 4.79 Å². The van der Waals surface area contributed by atoms with Gasteiger partial charge in [0.1, 0.15) is 0 Å². The highest BCUT2D eigenvalue weighted by atomic mass is 32.2. The van der Waals surface area contributed by atoms with Crippen LogP contribution in [0.5, 0.6) is 5.88 Å². The monoisotopic (exact) mass is 476 g/mol. The number of ether oxygens (including phenoxy) is 1. The molecule has 0 bridgehead atoms. The number of carbonyl (C=O) groups is 1. The molecule has 0 saturated heterocycles. The third-order valence-electron chi connectivity index (χ3n) is 5.75. The molecule has 0 spiro atoms. The van der Waals surface area contributed by atoms with Gasteiger partial charge in [-0.15, -0.1) is 10.2 Å². The SMILES string of the molecule is CCCC(=O)N1c2ccc(C)cc2-c2nnc(SCCC(C)C)nc2OC1c1cccc(C)c1. The Balaban J connectivity index is 1.86. The summed E-state index contributed by atoms with van der Waals surface area (Å²) in [6.07, 6.45) is 1.59. The summed E-state index contributed by atoms with van der Waals surface area (Å²) >= 11 is 1.58. The lowest BCUT2D eigenvalue weighted by Crippen LogP contribution is -2.37. The van der Waals surface area contributed by atoms with E-state index in [2.05, 4.69) is 30.1 Å². The molecule has 1 aliphatic heterocycles. The minimum Gasteiger partial charge on any atom is -0.447 e. The van der Waals surface area contributed by atoms with Crippen LogP contribution in [0.4, 0.5) is 5.69 Å². The van der Waals surface area contributed by atoms with Crippen LogP contribution in [0.25, 0.3) is 11.3 Å². The maximum atomic E-state index is 13.5. The Labute approximate surface area is 206 Å². The van der Waals surface area contributed by atoms with Gasteiger partial charge in [0.25, 0.3) is 0 Å². The van der Waals surface area contributed by atoms with E-state index in [1.54, 1.807) is 16.7 Å². The Kier molecular flexibility index (Phi) is 7.51. The van der Waals surface area contributed by atoms with Gasteiger partial charge in [0.15, 0.2) is 5.69 Å². The van der Waals surface area contributed by atoms with Crippen LogP contribution in [0.2, 0.25) is 0 Å². The van der Waals surface area contributed by atoms with Crippen molar-refractivity contribution in [1.82, 2.24) is 15.2 Å². The van der Waals surface area contributed by atoms with Crippen LogP contribution in [0.15, 0.2) is 47.6 Å². The van der Waals surface area contributed by atoms with Crippen molar-refractivity contribution in [2.45, 2.75) is 65.3 Å². The van der Waals surface area contributed by atoms with Gasteiger partial charge in [-0.2, -0.15) is 4.98 Å². The van der Waals surface area contributed by atoms with Crippen molar-refractivity contribution in [3.63, 3.8) is 0 Å². The van der Waals surface area contributed by atoms with Crippen LogP contribution in [-0.4, -0.2) is 26.8 Å². The Bertz CT molecular complexity index is 1180. The van der Waals surface area contributed by atoms with Crippen molar-refractivity contribution in [3.05, 3.63) is 59.2 Å². The van der Waals surface area contributed by atoms with Crippen molar-refractivity contribution in [2.75, 3.05) is 10.7 Å². The minimum atomic E-state index is -0.646. The molecule has 1 amide bonds. The summed E-state index contributed by atoms with van der Waals surface area (Å²) in [6, 6.07) is 14.1. The van der Waals surface area contributed by atoms with Crippen molar-refractivity contribution in [2.24, 2.45) is 5.92 Å². The molecular formula is C27H32N4O2S. The van der Waals surface area contributed by atoms with Crippen molar-refractivity contribution in [1.29, 1.82) is 0 Å². The van der Waals surface area contributed by atoms with Gasteiger partial charge in [-0.1, -0.05) is 74.0 Å². The lowest BCUT2D eigenvalue weighted by molar-refractivity contribution is -0.120. The Morgan fingerprint density at radius 3 is 2.65 bits per heavy atom. The molecule has 1 aliphatic rings. The molecular weight excluding hydrogens is 444 g/mol. The fourth-order valence-corrected chi connectivity index (χ4v) is 4.99. The zero-order valence-electron chi connectivity index (χ0n) is 20.5. The molecule has 4 rings (SSSR count). The van der Waals surface area contributed by atoms with E-state index >= 15 is 0 Å². The summed E-state index contributed by atoms with van der Waals surface area (Å²) < 4.78 is 6.55. The molecule has 0 radical (unpaired) electrons. The fraction of sp³-hybridized carbons (Fsp3) is 0.407. The van der Waals surface area contributed by atoms with Gasteiger partial charge >= 0.3 is 0 Å². The highest BCUT2D eigenvalue weighted by Gasteiger charge is 2.35. The number of hydrogen-bond acceptors (Lipinski definition) is 6. The predicted molar refractivity (Wildman–Crippen MR) is 137 cm³/mol. The number of anilines is 1. The standard InChI is InChI=1S/C27H32N4O2S/c1-6-8-23(32)31-22-12-11-19(5)16-21(22)24-25(28-27(30-29-24)34-14-13-17(2)3)33-26(31)20-10-7-9-18(4)15-20/h7,9-12,15-17,26H,6,8,13-14H2,1-5H3. The largest absolute Gasteiger partial charge is 0.447 e. The van der Waals surface area contributed by atoms with Crippen molar-refractivity contribution < 1.29 is 9.53 Å². The first-order chi connectivity index (χ1) is 16.4. The number of fused-ring (bicyclic) bond motifs is 3. The average Bonchev–Trinajstić information content (AvgIpc) is 2.93. The first kappa shape index (κ1) is 24.2. The molecule has 1 atom stereocenters. The lowest BCUT2D eigenvalue weighted by atomic mass is 10.0. The zero-order chi connectivity index (χ0) is 24.2. The van der Waals surface area contributed by atoms with E-state index in [-0.39, 0.29) is 5.91 Å². The van der Waals surface area contributed by atoms with Crippen LogP contribution >= 0.6 is 11.8 Å². The molecule has 6 nitrogen and oxygen atoms in total. The number of thioether (sulfide) groups is 1. The molecule has 2 heterocycles. The number of nitrogens with zero attached hydrogens (tertiary/aromatic N) is 4. The second kappa shape index (κ2) is 10.6. The summed E-state index contributed by atoms with van der Waals surface area (Å²) in [5.74, 6) is 1.94. The van der Waals surface area contributed by atoms with Gasteiger partial charge in [0, 0.05) is 23.3 Å². The number of amides is 1. The Morgan fingerprint density at radius 2 is 1.91 bits per heavy atom. The molecule has 178 valence electrons. The Morgan fingerprint density at radius 1 is 1.12 bits per heavy atom. The summed E-state index contributed by atoms with van der Waals surface area (Å²) in [6.45, 7) is 10.5. The number of aromatic nitrogens is 3. The van der Waals surface area contributed by atoms with Crippen LogP contribution in [0.3, 0.4) is 0 Å². The van der Waals surface area contributed by atoms with Crippen LogP contribution in [0, 0.1) is 19.8 Å². The van der Waals surface area contributed by atoms with E-state index < -0.39 is 6.23 Å². The zero-order valence-corrected chi connectivity index (χ0v) is 21.4. The third kappa shape index (κ3) is 5.25. The predicted octanol–water partition coefficient (Wildman–Crippen LogP) is 6.52. The van der Waals surface area contributed by atoms with Gasteiger partial charge in [-0.3, -0.25) is 9.69 Å². The van der Waals surface area contributed by atoms with Gasteiger partial charge in [-0.25, -0.2) is 0 Å². The maximum absolute atomic E-state index is 13.5. The maximum Gasteiger partial charge on any atom is 0.247 e. The summed E-state index contributed by atoms with van der Waals surface area (Å²) in [4.78, 5) is 20.0. The summed E-state index contributed by atoms with van der Waals surface area (Å²) in [5, 5.41) is 9.53. The number of benzene rings is 2. The molecule has 1 aromatic heterocycles. The van der Waals surface area contributed by atoms with E-state index in [4.69, 9.17) is 9.72 Å². The third-order valence-corrected chi connectivity index (χ3v) is 6.62. The van der Waals surface area contributed by atoms with Crippen molar-refractivity contribution in [3.8, 4) is 17.1 Å². The highest BCUT2D eigenvalue weighted by Crippen LogP contribution is 2.44. The second-order valence-electron chi connectivity index (χ2n) is 9.20. The normalized spacial score (nSPS) is 14.9. The molecule has 0 aliphatic carbocycles. The van der Waals surface area contributed by atoms with E-state index in [0.29, 0.717) is 29.1 Å². The number of carbonyl (C=O) groups excluding carboxylic acids is 1. The van der Waals surface area contributed by atoms with Gasteiger partial charge in [0.2, 0.25) is 23.2 Å². The van der Waals surface area contributed by atoms with E-state index in [9.17, 15) is 4.79 Å². The average molecular weight is 477 g/mol. The van der Waals surface area contributed by atoms with Crippen molar-refractivity contribution >= 4 is 23.4 Å². The number of hydrogen-bond donors (Lipinski definition) is 0. The molecule has 1 unspecified atom stereocenters. The van der Waals surface area contributed by atoms with Gasteiger partial charge in [-0.05, 0) is 44.7 Å². The fourth-order valence-electron chi connectivity index (χ4n) is 3.97. The molecule has 0 N–H and O–H groups in total. The van der Waals surface area contributed by atoms with E-state index in [1.165, 1.54) is 0 Å². The highest BCUT2D eigenvalue weighted by molar-refractivity contribution is 7.99. The number of rotatable bonds is 7. The molecule has 0 fully saturated rings. The molecule has 0 saturated carbocycles. The molecule has 7 heteroatoms. The smallest absolute Gasteiger partial charge is 0.247 e. The van der Waals surface area contributed by atoms with E-state index in [0.717, 1.165) is 46.5 Å². The van der Waals surface area contributed by atoms with E-state index in [1.807, 2.05) is 57.2 Å². The lowest BCUT2D eigenvalue weighted by Gasteiger charge is -2.31. The summed E-state index contributed by atoms with van der Waals surface area (Å²) in [7, 11) is 0. The van der Waals surface area contributed by atoms with Gasteiger partial charge < -0.3 is 4.74 Å². The second-order valence-corrected chi connectivity index (χ2v) is 10.3. The summed E-state index contributed by atoms with van der Waals surface area (Å²) in [5.41, 5.74) is 5.22. The number of aryl methyl sites for hydroxylation is 2. The molecule has 3 aromatic rings. The quantitative estimate of drug-likeness (QED) is 0.362. The molecule has 2 aromatic carbocycles. The Hall–Kier alpha value is -2.93. The minimum absolute atomic E-state index is 0.00593. The van der Waals surface area contributed by atoms with Gasteiger partial charge in [0.05, 0.1) is 5.69 Å². The first-order valence-electron chi connectivity index (χ1n) is 11.9. The first-order valence-corrected chi connectivity index (χ1v) is 12.9. The topological polar surface area (TPSA) is 68.2 Å². The van der Waals surface area contributed by atoms with Crippen LogP contribution < -0.4 is 9.64 Å².